The summed E-state index contributed by atoms with van der Waals surface area (Å²) in [4.78, 5) is 15.1. The van der Waals surface area contributed by atoms with Gasteiger partial charge in [0.25, 0.3) is 0 Å². The molecule has 2 aromatic carbocycles. The Labute approximate surface area is 233 Å². The van der Waals surface area contributed by atoms with Gasteiger partial charge in [-0.3, -0.25) is 10.00 Å². The highest BCUT2D eigenvalue weighted by Crippen LogP contribution is 2.41. The molecule has 8 rings (SSSR count). The van der Waals surface area contributed by atoms with Crippen molar-refractivity contribution in [1.29, 1.82) is 0 Å². The number of ether oxygens (including phenoxy) is 1. The number of hydrogen-bond donors (Lipinski definition) is 2. The third-order valence-corrected chi connectivity index (χ3v) is 10.1. The van der Waals surface area contributed by atoms with Crippen LogP contribution in [0.4, 0.5) is 5.82 Å². The van der Waals surface area contributed by atoms with Gasteiger partial charge in [-0.25, -0.2) is 0 Å². The second kappa shape index (κ2) is 9.04. The van der Waals surface area contributed by atoms with Gasteiger partial charge in [0.15, 0.2) is 0 Å². The van der Waals surface area contributed by atoms with Gasteiger partial charge in [0, 0.05) is 41.5 Å². The van der Waals surface area contributed by atoms with Gasteiger partial charge in [-0.2, -0.15) is 15.1 Å². The Kier molecular flexibility index (Phi) is 5.54. The van der Waals surface area contributed by atoms with E-state index in [1.807, 2.05) is 13.1 Å². The van der Waals surface area contributed by atoms with Crippen LogP contribution in [0.2, 0.25) is 5.02 Å². The molecule has 4 aliphatic heterocycles. The smallest absolute Gasteiger partial charge is 0.319 e. The largest absolute Gasteiger partial charge is 0.461 e. The molecule has 2 unspecified atom stereocenters. The number of aromatic amines is 1. The van der Waals surface area contributed by atoms with E-state index in [1.165, 1.54) is 51.6 Å². The monoisotopic (exact) mass is 543 g/mol. The van der Waals surface area contributed by atoms with Gasteiger partial charge in [-0.05, 0) is 87.9 Å². The quantitative estimate of drug-likeness (QED) is 0.363. The van der Waals surface area contributed by atoms with Crippen LogP contribution < -0.4 is 15.0 Å². The first-order chi connectivity index (χ1) is 19.1. The van der Waals surface area contributed by atoms with Crippen LogP contribution in [0.15, 0.2) is 30.5 Å². The van der Waals surface area contributed by atoms with Crippen LogP contribution in [0.5, 0.6) is 6.01 Å². The summed E-state index contributed by atoms with van der Waals surface area (Å²) in [6, 6.07) is 10.0. The van der Waals surface area contributed by atoms with Crippen molar-refractivity contribution in [2.45, 2.75) is 63.1 Å². The van der Waals surface area contributed by atoms with Crippen molar-refractivity contribution in [3.63, 3.8) is 0 Å². The molecule has 4 saturated heterocycles. The Hall–Kier alpha value is -2.94. The number of nitrogens with one attached hydrogen (secondary N) is 2. The maximum absolute atomic E-state index is 6.89. The van der Waals surface area contributed by atoms with Crippen LogP contribution in [0.3, 0.4) is 0 Å². The molecule has 2 atom stereocenters. The minimum absolute atomic E-state index is 0.149. The molecule has 2 bridgehead atoms. The molecule has 39 heavy (non-hydrogen) atoms. The molecule has 0 radical (unpaired) electrons. The van der Waals surface area contributed by atoms with Crippen LogP contribution in [0.25, 0.3) is 32.9 Å². The molecule has 0 spiro atoms. The van der Waals surface area contributed by atoms with E-state index in [9.17, 15) is 0 Å². The Morgan fingerprint density at radius 2 is 1.85 bits per heavy atom. The van der Waals surface area contributed by atoms with Gasteiger partial charge in [0.2, 0.25) is 0 Å². The van der Waals surface area contributed by atoms with E-state index in [4.69, 9.17) is 26.3 Å². The third kappa shape index (κ3) is 3.90. The summed E-state index contributed by atoms with van der Waals surface area (Å²) in [7, 11) is 0. The predicted octanol–water partition coefficient (Wildman–Crippen LogP) is 5.08. The molecule has 0 amide bonds. The van der Waals surface area contributed by atoms with Crippen LogP contribution in [-0.4, -0.2) is 75.5 Å². The van der Waals surface area contributed by atoms with Crippen LogP contribution in [0.1, 0.15) is 44.1 Å². The van der Waals surface area contributed by atoms with Crippen molar-refractivity contribution in [2.24, 2.45) is 0 Å². The average molecular weight is 544 g/mol. The van der Waals surface area contributed by atoms with E-state index in [-0.39, 0.29) is 5.54 Å². The predicted molar refractivity (Wildman–Crippen MR) is 155 cm³/mol. The molecule has 6 heterocycles. The zero-order chi connectivity index (χ0) is 26.1. The van der Waals surface area contributed by atoms with Crippen LogP contribution >= 0.6 is 11.6 Å². The number of aryl methyl sites for hydroxylation is 1. The zero-order valence-electron chi connectivity index (χ0n) is 22.3. The molecule has 2 aromatic heterocycles. The highest BCUT2D eigenvalue weighted by molar-refractivity contribution is 6.36. The molecule has 4 fully saturated rings. The maximum Gasteiger partial charge on any atom is 0.319 e. The Bertz CT molecular complexity index is 1560. The van der Waals surface area contributed by atoms with Crippen molar-refractivity contribution in [1.82, 2.24) is 30.4 Å². The summed E-state index contributed by atoms with van der Waals surface area (Å²) in [6.45, 7) is 6.97. The van der Waals surface area contributed by atoms with Crippen molar-refractivity contribution in [3.8, 4) is 17.1 Å². The fourth-order valence-electron chi connectivity index (χ4n) is 7.67. The number of piperazine rings is 1. The summed E-state index contributed by atoms with van der Waals surface area (Å²) in [5, 5.41) is 13.9. The van der Waals surface area contributed by atoms with E-state index in [0.717, 1.165) is 62.4 Å². The standard InChI is InChI=1S/C30H34ClN7O/c1-18-12-25-23(14-32-36-25)26(27(18)31)19-4-7-22-24(13-19)34-29(39-17-30-8-2-10-38(30)11-3-9-30)35-28(22)37-15-20-5-6-21(16-37)33-20/h4,7,12-14,20-21,33H,2-3,5-6,8-11,15-17H2,1H3,(H,32,36). The zero-order valence-corrected chi connectivity index (χ0v) is 23.1. The number of anilines is 1. The SMILES string of the molecule is Cc1cc2[nH]ncc2c(-c2ccc3c(N4CC5CCC(C4)N5)nc(OCC45CCCN4CCC5)nc3c2)c1Cl. The Morgan fingerprint density at radius 1 is 1.05 bits per heavy atom. The summed E-state index contributed by atoms with van der Waals surface area (Å²) in [5.74, 6) is 0.982. The number of benzene rings is 2. The third-order valence-electron chi connectivity index (χ3n) is 9.61. The van der Waals surface area contributed by atoms with Crippen LogP contribution in [0, 0.1) is 6.92 Å². The summed E-state index contributed by atoms with van der Waals surface area (Å²) in [6.07, 6.45) is 9.20. The van der Waals surface area contributed by atoms with Gasteiger partial charge >= 0.3 is 6.01 Å². The van der Waals surface area contributed by atoms with E-state index in [1.54, 1.807) is 0 Å². The molecular weight excluding hydrogens is 510 g/mol. The molecular formula is C30H34ClN7O. The maximum atomic E-state index is 6.89. The topological polar surface area (TPSA) is 82.2 Å². The number of nitrogens with zero attached hydrogens (tertiary/aromatic N) is 5. The minimum atomic E-state index is 0.149. The van der Waals surface area contributed by atoms with Crippen molar-refractivity contribution in [3.05, 3.63) is 41.0 Å². The average Bonchev–Trinajstić information content (AvgIpc) is 3.72. The highest BCUT2D eigenvalue weighted by atomic mass is 35.5. The minimum Gasteiger partial charge on any atom is -0.461 e. The Balaban J connectivity index is 1.23. The fourth-order valence-corrected chi connectivity index (χ4v) is 7.93. The molecule has 0 saturated carbocycles. The number of rotatable bonds is 5. The normalized spacial score (nSPS) is 24.2. The first-order valence-corrected chi connectivity index (χ1v) is 14.8. The second-order valence-corrected chi connectivity index (χ2v) is 12.4. The number of hydrogen-bond acceptors (Lipinski definition) is 7. The summed E-state index contributed by atoms with van der Waals surface area (Å²) in [5.41, 5.74) is 5.04. The lowest BCUT2D eigenvalue weighted by atomic mass is 9.95. The first-order valence-electron chi connectivity index (χ1n) is 14.4. The summed E-state index contributed by atoms with van der Waals surface area (Å²) < 4.78 is 6.50. The molecule has 4 aliphatic rings. The van der Waals surface area contributed by atoms with Gasteiger partial charge in [-0.1, -0.05) is 17.7 Å². The molecule has 202 valence electrons. The van der Waals surface area contributed by atoms with Gasteiger partial charge in [0.05, 0.1) is 27.8 Å². The molecule has 9 heteroatoms. The van der Waals surface area contributed by atoms with Crippen molar-refractivity contribution < 1.29 is 4.74 Å². The number of fused-ring (bicyclic) bond motifs is 5. The first kappa shape index (κ1) is 23.9. The number of aromatic nitrogens is 4. The summed E-state index contributed by atoms with van der Waals surface area (Å²) >= 11 is 6.89. The molecule has 0 aliphatic carbocycles. The van der Waals surface area contributed by atoms with E-state index >= 15 is 0 Å². The van der Waals surface area contributed by atoms with E-state index in [2.05, 4.69) is 49.6 Å². The second-order valence-electron chi connectivity index (χ2n) is 12.0. The van der Waals surface area contributed by atoms with E-state index < -0.39 is 0 Å². The Morgan fingerprint density at radius 3 is 2.64 bits per heavy atom. The van der Waals surface area contributed by atoms with Crippen molar-refractivity contribution in [2.75, 3.05) is 37.7 Å². The number of halogens is 1. The lowest BCUT2D eigenvalue weighted by Crippen LogP contribution is -2.51. The van der Waals surface area contributed by atoms with Crippen molar-refractivity contribution >= 4 is 39.2 Å². The fraction of sp³-hybridized carbons (Fsp3) is 0.500. The van der Waals surface area contributed by atoms with E-state index in [0.29, 0.717) is 24.7 Å². The highest BCUT2D eigenvalue weighted by Gasteiger charge is 2.45. The van der Waals surface area contributed by atoms with Gasteiger partial charge in [0.1, 0.15) is 12.4 Å². The molecule has 8 nitrogen and oxygen atoms in total. The number of H-pyrrole nitrogens is 1. The lowest BCUT2D eigenvalue weighted by molar-refractivity contribution is 0.108. The van der Waals surface area contributed by atoms with Crippen LogP contribution in [-0.2, 0) is 0 Å². The van der Waals surface area contributed by atoms with Gasteiger partial charge in [-0.15, -0.1) is 0 Å². The molecule has 4 aromatic rings. The molecule has 2 N–H and O–H groups in total. The lowest BCUT2D eigenvalue weighted by Gasteiger charge is -2.34. The van der Waals surface area contributed by atoms with Gasteiger partial charge < -0.3 is 15.0 Å².